The lowest BCUT2D eigenvalue weighted by atomic mass is 10.0. The third kappa shape index (κ3) is 3.66. The second kappa shape index (κ2) is 6.62. The van der Waals surface area contributed by atoms with Crippen molar-refractivity contribution in [2.24, 2.45) is 0 Å². The molecule has 0 bridgehead atoms. The van der Waals surface area contributed by atoms with Crippen molar-refractivity contribution in [1.29, 1.82) is 0 Å². The maximum Gasteiger partial charge on any atom is 0.152 e. The minimum Gasteiger partial charge on any atom is -0.380 e. The summed E-state index contributed by atoms with van der Waals surface area (Å²) in [6.07, 6.45) is 5.66. The molecule has 1 aliphatic rings. The third-order valence-corrected chi connectivity index (χ3v) is 4.37. The molecular formula is C15H16BrClN4. The Morgan fingerprint density at radius 1 is 1.24 bits per heavy atom. The minimum atomic E-state index is 0.415. The fourth-order valence-electron chi connectivity index (χ4n) is 2.54. The number of nitrogens with one attached hydrogen (secondary N) is 1. The van der Waals surface area contributed by atoms with Crippen molar-refractivity contribution < 1.29 is 0 Å². The maximum absolute atomic E-state index is 6.13. The fourth-order valence-corrected chi connectivity index (χ4v) is 3.03. The third-order valence-electron chi connectivity index (χ3n) is 3.63. The Kier molecular flexibility index (Phi) is 4.60. The predicted molar refractivity (Wildman–Crippen MR) is 90.0 cm³/mol. The highest BCUT2D eigenvalue weighted by Gasteiger charge is 2.20. The first-order valence-corrected chi connectivity index (χ1v) is 8.13. The van der Waals surface area contributed by atoms with Crippen molar-refractivity contribution in [2.45, 2.75) is 18.9 Å². The van der Waals surface area contributed by atoms with Crippen LogP contribution in [0.4, 0.5) is 11.5 Å². The summed E-state index contributed by atoms with van der Waals surface area (Å²) in [6.45, 7) is 1.99. The van der Waals surface area contributed by atoms with Gasteiger partial charge < -0.3 is 10.2 Å². The summed E-state index contributed by atoms with van der Waals surface area (Å²) < 4.78 is 0.931. The lowest BCUT2D eigenvalue weighted by Crippen LogP contribution is -2.39. The van der Waals surface area contributed by atoms with E-state index in [1.165, 1.54) is 0 Å². The molecule has 1 saturated heterocycles. The van der Waals surface area contributed by atoms with Gasteiger partial charge in [-0.15, -0.1) is 0 Å². The lowest BCUT2D eigenvalue weighted by Gasteiger charge is -2.33. The molecule has 1 aliphatic heterocycles. The van der Waals surface area contributed by atoms with Crippen LogP contribution < -0.4 is 10.2 Å². The zero-order valence-corrected chi connectivity index (χ0v) is 13.8. The molecular weight excluding hydrogens is 352 g/mol. The smallest absolute Gasteiger partial charge is 0.152 e. The van der Waals surface area contributed by atoms with Gasteiger partial charge in [0.05, 0.1) is 5.69 Å². The molecule has 0 aromatic carbocycles. The van der Waals surface area contributed by atoms with Crippen LogP contribution in [-0.2, 0) is 0 Å². The Morgan fingerprint density at radius 3 is 2.76 bits per heavy atom. The number of hydrogen-bond donors (Lipinski definition) is 1. The van der Waals surface area contributed by atoms with Crippen molar-refractivity contribution >= 4 is 39.0 Å². The van der Waals surface area contributed by atoms with Gasteiger partial charge in [-0.2, -0.15) is 0 Å². The predicted octanol–water partition coefficient (Wildman–Crippen LogP) is 3.97. The van der Waals surface area contributed by atoms with Crippen LogP contribution in [0.25, 0.3) is 0 Å². The fraction of sp³-hybridized carbons (Fsp3) is 0.333. The second-order valence-corrected chi connectivity index (χ2v) is 6.36. The van der Waals surface area contributed by atoms with Crippen LogP contribution in [0, 0.1) is 0 Å². The summed E-state index contributed by atoms with van der Waals surface area (Å²) in [6, 6.07) is 8.42. The van der Waals surface area contributed by atoms with Gasteiger partial charge in [-0.25, -0.2) is 9.97 Å². The summed E-state index contributed by atoms with van der Waals surface area (Å²) in [7, 11) is 0. The van der Waals surface area contributed by atoms with Gasteiger partial charge in [0, 0.05) is 36.0 Å². The zero-order chi connectivity index (χ0) is 14.7. The molecule has 1 N–H and O–H groups in total. The Balaban J connectivity index is 1.60. The van der Waals surface area contributed by atoms with E-state index in [-0.39, 0.29) is 0 Å². The van der Waals surface area contributed by atoms with E-state index in [1.54, 1.807) is 6.20 Å². The molecule has 4 nitrogen and oxygen atoms in total. The van der Waals surface area contributed by atoms with E-state index in [0.29, 0.717) is 11.2 Å². The van der Waals surface area contributed by atoms with Crippen LogP contribution in [0.2, 0.25) is 5.15 Å². The summed E-state index contributed by atoms with van der Waals surface area (Å²) in [5.41, 5.74) is 0.891. The van der Waals surface area contributed by atoms with Crippen LogP contribution in [-0.4, -0.2) is 29.1 Å². The molecule has 0 unspecified atom stereocenters. The highest BCUT2D eigenvalue weighted by atomic mass is 79.9. The van der Waals surface area contributed by atoms with Crippen LogP contribution in [0.15, 0.2) is 41.1 Å². The van der Waals surface area contributed by atoms with Crippen LogP contribution in [0.3, 0.4) is 0 Å². The number of pyridine rings is 2. The Labute approximate surface area is 137 Å². The molecule has 2 aromatic heterocycles. The average molecular weight is 368 g/mol. The molecule has 0 amide bonds. The van der Waals surface area contributed by atoms with E-state index in [0.717, 1.165) is 41.9 Å². The first-order valence-electron chi connectivity index (χ1n) is 6.96. The zero-order valence-electron chi connectivity index (χ0n) is 11.5. The van der Waals surface area contributed by atoms with Gasteiger partial charge in [0.1, 0.15) is 5.82 Å². The Morgan fingerprint density at radius 2 is 2.05 bits per heavy atom. The number of aromatic nitrogens is 2. The largest absolute Gasteiger partial charge is 0.380 e. The molecule has 3 rings (SSSR count). The minimum absolute atomic E-state index is 0.415. The van der Waals surface area contributed by atoms with Crippen LogP contribution in [0.1, 0.15) is 12.8 Å². The van der Waals surface area contributed by atoms with Gasteiger partial charge in [0.2, 0.25) is 0 Å². The molecule has 0 spiro atoms. The monoisotopic (exact) mass is 366 g/mol. The number of hydrogen-bond acceptors (Lipinski definition) is 4. The lowest BCUT2D eigenvalue weighted by molar-refractivity contribution is 0.523. The van der Waals surface area contributed by atoms with Crippen molar-refractivity contribution in [3.8, 4) is 0 Å². The first-order chi connectivity index (χ1) is 10.2. The number of halogens is 2. The summed E-state index contributed by atoms with van der Waals surface area (Å²) in [5.74, 6) is 1.05. The molecule has 1 fully saturated rings. The van der Waals surface area contributed by atoms with Gasteiger partial charge in [-0.1, -0.05) is 17.7 Å². The molecule has 21 heavy (non-hydrogen) atoms. The van der Waals surface area contributed by atoms with Crippen LogP contribution >= 0.6 is 27.5 Å². The molecule has 110 valence electrons. The van der Waals surface area contributed by atoms with Crippen molar-refractivity contribution in [2.75, 3.05) is 23.3 Å². The molecule has 6 heteroatoms. The van der Waals surface area contributed by atoms with Gasteiger partial charge in [-0.3, -0.25) is 0 Å². The van der Waals surface area contributed by atoms with E-state index in [1.807, 2.05) is 24.4 Å². The number of anilines is 2. The van der Waals surface area contributed by atoms with E-state index in [9.17, 15) is 0 Å². The Hall–Kier alpha value is -1.33. The summed E-state index contributed by atoms with van der Waals surface area (Å²) in [5, 5.41) is 4.01. The number of rotatable bonds is 3. The van der Waals surface area contributed by atoms with Gasteiger partial charge in [-0.05, 0) is 47.0 Å². The highest BCUT2D eigenvalue weighted by Crippen LogP contribution is 2.26. The highest BCUT2D eigenvalue weighted by molar-refractivity contribution is 9.10. The number of nitrogens with zero attached hydrogens (tertiary/aromatic N) is 3. The van der Waals surface area contributed by atoms with E-state index in [2.05, 4.69) is 42.2 Å². The van der Waals surface area contributed by atoms with Crippen LogP contribution in [0.5, 0.6) is 0 Å². The standard InChI is InChI=1S/C15H16BrClN4/c16-11-9-13(15(17)19-10-11)20-12-4-7-21(8-5-12)14-3-1-2-6-18-14/h1-3,6,9-10,12,20H,4-5,7-8H2. The summed E-state index contributed by atoms with van der Waals surface area (Å²) in [4.78, 5) is 10.9. The molecule has 0 aliphatic carbocycles. The van der Waals surface area contributed by atoms with E-state index in [4.69, 9.17) is 11.6 Å². The quantitative estimate of drug-likeness (QED) is 0.833. The molecule has 0 radical (unpaired) electrons. The van der Waals surface area contributed by atoms with Crippen molar-refractivity contribution in [3.05, 3.63) is 46.3 Å². The second-order valence-electron chi connectivity index (χ2n) is 5.09. The molecule has 0 atom stereocenters. The van der Waals surface area contributed by atoms with E-state index < -0.39 is 0 Å². The van der Waals surface area contributed by atoms with Crippen molar-refractivity contribution in [1.82, 2.24) is 9.97 Å². The molecule has 2 aromatic rings. The normalized spacial score (nSPS) is 16.0. The average Bonchev–Trinajstić information content (AvgIpc) is 2.53. The van der Waals surface area contributed by atoms with Gasteiger partial charge >= 0.3 is 0 Å². The summed E-state index contributed by atoms with van der Waals surface area (Å²) >= 11 is 9.55. The molecule has 0 saturated carbocycles. The topological polar surface area (TPSA) is 41.1 Å². The van der Waals surface area contributed by atoms with Gasteiger partial charge in [0.15, 0.2) is 5.15 Å². The maximum atomic E-state index is 6.13. The van der Waals surface area contributed by atoms with E-state index >= 15 is 0 Å². The first kappa shape index (κ1) is 14.6. The Bertz CT molecular complexity index is 600. The SMILES string of the molecule is Clc1ncc(Br)cc1NC1CCN(c2ccccn2)CC1. The van der Waals surface area contributed by atoms with Crippen molar-refractivity contribution in [3.63, 3.8) is 0 Å². The number of piperidine rings is 1. The molecule has 3 heterocycles. The van der Waals surface area contributed by atoms with Gasteiger partial charge in [0.25, 0.3) is 0 Å².